The summed E-state index contributed by atoms with van der Waals surface area (Å²) >= 11 is 0. The summed E-state index contributed by atoms with van der Waals surface area (Å²) in [6, 6.07) is 0.914. The van der Waals surface area contributed by atoms with E-state index in [1.807, 2.05) is 0 Å². The number of hydrogen-bond acceptors (Lipinski definition) is 4. The Hall–Kier alpha value is -1.86. The Labute approximate surface area is 82.0 Å². The van der Waals surface area contributed by atoms with Gasteiger partial charge in [-0.2, -0.15) is 13.2 Å². The maximum Gasteiger partial charge on any atom is 0.451 e. The molecular weight excluding hydrogens is 215 g/mol. The summed E-state index contributed by atoms with van der Waals surface area (Å²) in [5.41, 5.74) is -0.707. The second kappa shape index (κ2) is 3.71. The molecule has 15 heavy (non-hydrogen) atoms. The number of alkyl halides is 3. The molecule has 0 spiro atoms. The lowest BCUT2D eigenvalue weighted by Crippen LogP contribution is -2.15. The van der Waals surface area contributed by atoms with E-state index in [1.54, 1.807) is 0 Å². The minimum atomic E-state index is -4.77. The van der Waals surface area contributed by atoms with Crippen molar-refractivity contribution < 1.29 is 23.1 Å². The number of rotatable bonds is 2. The van der Waals surface area contributed by atoms with E-state index >= 15 is 0 Å². The molecule has 0 atom stereocenters. The zero-order chi connectivity index (χ0) is 11.6. The zero-order valence-corrected chi connectivity index (χ0v) is 7.46. The van der Waals surface area contributed by atoms with Crippen LogP contribution in [0.15, 0.2) is 6.07 Å². The fraction of sp³-hybridized carbons (Fsp3) is 0.286. The van der Waals surface area contributed by atoms with Gasteiger partial charge in [-0.15, -0.1) is 0 Å². The van der Waals surface area contributed by atoms with Crippen LogP contribution in [0.25, 0.3) is 0 Å². The van der Waals surface area contributed by atoms with Crippen LogP contribution in [0.3, 0.4) is 0 Å². The van der Waals surface area contributed by atoms with Crippen LogP contribution in [0.2, 0.25) is 0 Å². The van der Waals surface area contributed by atoms with Gasteiger partial charge in [-0.1, -0.05) is 0 Å². The summed E-state index contributed by atoms with van der Waals surface area (Å²) in [7, 11) is 1.33. The molecule has 1 aromatic heterocycles. The Balaban J connectivity index is 3.30. The molecule has 0 unspecified atom stereocenters. The predicted molar refractivity (Wildman–Crippen MR) is 43.5 cm³/mol. The first kappa shape index (κ1) is 11.2. The van der Waals surface area contributed by atoms with Gasteiger partial charge >= 0.3 is 12.1 Å². The second-order valence-corrected chi connectivity index (χ2v) is 2.51. The molecule has 0 aliphatic carbocycles. The van der Waals surface area contributed by atoms with Crippen molar-refractivity contribution in [2.75, 3.05) is 12.4 Å². The summed E-state index contributed by atoms with van der Waals surface area (Å²) < 4.78 is 36.6. The molecule has 0 bridgehead atoms. The van der Waals surface area contributed by atoms with Gasteiger partial charge in [-0.3, -0.25) is 0 Å². The van der Waals surface area contributed by atoms with Crippen molar-refractivity contribution in [3.63, 3.8) is 0 Å². The van der Waals surface area contributed by atoms with Crippen LogP contribution >= 0.6 is 0 Å². The fourth-order valence-corrected chi connectivity index (χ4v) is 0.812. The minimum Gasteiger partial charge on any atom is -0.477 e. The fourth-order valence-electron chi connectivity index (χ4n) is 0.812. The number of carboxylic acids is 1. The number of carboxylic acid groups (broad SMARTS) is 1. The largest absolute Gasteiger partial charge is 0.477 e. The lowest BCUT2D eigenvalue weighted by molar-refractivity contribution is -0.144. The molecule has 0 aromatic carbocycles. The van der Waals surface area contributed by atoms with Crippen LogP contribution in [-0.4, -0.2) is 28.1 Å². The molecule has 5 nitrogen and oxygen atoms in total. The molecule has 1 rings (SSSR count). The Bertz CT molecular complexity index is 392. The number of hydrogen-bond donors (Lipinski definition) is 2. The molecule has 0 aliphatic rings. The first-order valence-electron chi connectivity index (χ1n) is 3.72. The number of carbonyl (C=O) groups is 1. The van der Waals surface area contributed by atoms with Gasteiger partial charge in [0.25, 0.3) is 0 Å². The lowest BCUT2D eigenvalue weighted by Gasteiger charge is -2.07. The highest BCUT2D eigenvalue weighted by atomic mass is 19.4. The number of nitrogens with zero attached hydrogens (tertiary/aromatic N) is 2. The summed E-state index contributed by atoms with van der Waals surface area (Å²) in [5, 5.41) is 10.8. The van der Waals surface area contributed by atoms with Gasteiger partial charge in [0.1, 0.15) is 5.82 Å². The first-order chi connectivity index (χ1) is 6.84. The lowest BCUT2D eigenvalue weighted by atomic mass is 10.3. The van der Waals surface area contributed by atoms with Crippen LogP contribution in [0, 0.1) is 0 Å². The zero-order valence-electron chi connectivity index (χ0n) is 7.46. The van der Waals surface area contributed by atoms with Gasteiger partial charge in [0.2, 0.25) is 5.82 Å². The topological polar surface area (TPSA) is 75.1 Å². The Morgan fingerprint density at radius 3 is 2.47 bits per heavy atom. The third-order valence-electron chi connectivity index (χ3n) is 1.45. The van der Waals surface area contributed by atoms with E-state index in [-0.39, 0.29) is 5.82 Å². The highest BCUT2D eigenvalue weighted by Gasteiger charge is 2.35. The molecule has 0 aliphatic heterocycles. The molecular formula is C7H6F3N3O2. The minimum absolute atomic E-state index is 0.199. The number of aromatic nitrogens is 2. The van der Waals surface area contributed by atoms with Crippen molar-refractivity contribution in [2.45, 2.75) is 6.18 Å². The van der Waals surface area contributed by atoms with Crippen LogP contribution in [0.4, 0.5) is 19.0 Å². The van der Waals surface area contributed by atoms with E-state index in [0.717, 1.165) is 6.07 Å². The SMILES string of the molecule is CNc1cc(C(=O)O)nc(C(F)(F)F)n1. The monoisotopic (exact) mass is 221 g/mol. The molecule has 0 amide bonds. The van der Waals surface area contributed by atoms with Crippen molar-refractivity contribution in [1.82, 2.24) is 9.97 Å². The van der Waals surface area contributed by atoms with E-state index in [1.165, 1.54) is 7.05 Å². The summed E-state index contributed by atoms with van der Waals surface area (Å²) in [6.45, 7) is 0. The molecule has 2 N–H and O–H groups in total. The second-order valence-electron chi connectivity index (χ2n) is 2.51. The van der Waals surface area contributed by atoms with Crippen LogP contribution in [0.1, 0.15) is 16.3 Å². The van der Waals surface area contributed by atoms with Gasteiger partial charge in [0.15, 0.2) is 5.69 Å². The summed E-state index contributed by atoms with van der Waals surface area (Å²) in [4.78, 5) is 16.4. The Morgan fingerprint density at radius 1 is 1.47 bits per heavy atom. The molecule has 1 aromatic rings. The quantitative estimate of drug-likeness (QED) is 0.785. The number of halogens is 3. The summed E-state index contributed by atoms with van der Waals surface area (Å²) in [6.07, 6.45) is -4.77. The first-order valence-corrected chi connectivity index (χ1v) is 3.72. The van der Waals surface area contributed by atoms with Gasteiger partial charge in [0.05, 0.1) is 0 Å². The third kappa shape index (κ3) is 2.55. The highest BCUT2D eigenvalue weighted by molar-refractivity contribution is 5.86. The van der Waals surface area contributed by atoms with Crippen molar-refractivity contribution >= 4 is 11.8 Å². The standard InChI is InChI=1S/C7H6F3N3O2/c1-11-4-2-3(5(14)15)12-6(13-4)7(8,9)10/h2H,1H3,(H,14,15)(H,11,12,13). The van der Waals surface area contributed by atoms with Crippen molar-refractivity contribution in [1.29, 1.82) is 0 Å². The highest BCUT2D eigenvalue weighted by Crippen LogP contribution is 2.27. The van der Waals surface area contributed by atoms with Crippen LogP contribution < -0.4 is 5.32 Å². The van der Waals surface area contributed by atoms with Gasteiger partial charge in [-0.25, -0.2) is 14.8 Å². The van der Waals surface area contributed by atoms with E-state index < -0.39 is 23.7 Å². The third-order valence-corrected chi connectivity index (χ3v) is 1.45. The Morgan fingerprint density at radius 2 is 2.07 bits per heavy atom. The number of aromatic carboxylic acids is 1. The molecule has 0 radical (unpaired) electrons. The molecule has 0 saturated carbocycles. The molecule has 1 heterocycles. The average Bonchev–Trinajstić information content (AvgIpc) is 2.15. The summed E-state index contributed by atoms with van der Waals surface area (Å²) in [5.74, 6) is -3.22. The van der Waals surface area contributed by atoms with Gasteiger partial charge in [-0.05, 0) is 0 Å². The predicted octanol–water partition coefficient (Wildman–Crippen LogP) is 1.24. The van der Waals surface area contributed by atoms with Crippen molar-refractivity contribution in [3.8, 4) is 0 Å². The van der Waals surface area contributed by atoms with E-state index in [0.29, 0.717) is 0 Å². The number of anilines is 1. The maximum atomic E-state index is 12.2. The molecule has 0 saturated heterocycles. The van der Waals surface area contributed by atoms with Gasteiger partial charge in [0, 0.05) is 13.1 Å². The number of nitrogens with one attached hydrogen (secondary N) is 1. The van der Waals surface area contributed by atoms with E-state index in [9.17, 15) is 18.0 Å². The van der Waals surface area contributed by atoms with E-state index in [4.69, 9.17) is 5.11 Å². The van der Waals surface area contributed by atoms with E-state index in [2.05, 4.69) is 15.3 Å². The van der Waals surface area contributed by atoms with Gasteiger partial charge < -0.3 is 10.4 Å². The van der Waals surface area contributed by atoms with Crippen LogP contribution in [0.5, 0.6) is 0 Å². The van der Waals surface area contributed by atoms with Crippen molar-refractivity contribution in [2.24, 2.45) is 0 Å². The van der Waals surface area contributed by atoms with Crippen molar-refractivity contribution in [3.05, 3.63) is 17.6 Å². The molecule has 0 fully saturated rings. The normalized spacial score (nSPS) is 11.2. The molecule has 82 valence electrons. The smallest absolute Gasteiger partial charge is 0.451 e. The average molecular weight is 221 g/mol. The van der Waals surface area contributed by atoms with Crippen LogP contribution in [-0.2, 0) is 6.18 Å². The maximum absolute atomic E-state index is 12.2. The molecule has 8 heteroatoms. The Kier molecular flexibility index (Phi) is 2.78.